The average molecular weight is 370 g/mol. The monoisotopic (exact) mass is 370 g/mol. The highest BCUT2D eigenvalue weighted by Crippen LogP contribution is 2.22. The van der Waals surface area contributed by atoms with E-state index in [1.165, 1.54) is 34.9 Å². The summed E-state index contributed by atoms with van der Waals surface area (Å²) in [5, 5.41) is 14.0. The van der Waals surface area contributed by atoms with Crippen molar-refractivity contribution in [3.8, 4) is 0 Å². The summed E-state index contributed by atoms with van der Waals surface area (Å²) in [6.45, 7) is 1.74. The molecule has 0 aliphatic heterocycles. The van der Waals surface area contributed by atoms with E-state index in [1.807, 2.05) is 0 Å². The molecule has 0 fully saturated rings. The van der Waals surface area contributed by atoms with Gasteiger partial charge < -0.3 is 10.3 Å². The Morgan fingerprint density at radius 3 is 2.69 bits per heavy atom. The van der Waals surface area contributed by atoms with Gasteiger partial charge in [0.1, 0.15) is 0 Å². The molecule has 0 bridgehead atoms. The highest BCUT2D eigenvalue weighted by Gasteiger charge is 2.13. The van der Waals surface area contributed by atoms with Crippen molar-refractivity contribution in [2.45, 2.75) is 6.92 Å². The molecular weight excluding hydrogens is 356 g/mol. The van der Waals surface area contributed by atoms with Crippen LogP contribution in [0.2, 0.25) is 0 Å². The van der Waals surface area contributed by atoms with Crippen LogP contribution in [0.15, 0.2) is 41.2 Å². The first-order chi connectivity index (χ1) is 12.3. The molecule has 26 heavy (non-hydrogen) atoms. The van der Waals surface area contributed by atoms with Gasteiger partial charge in [0, 0.05) is 24.7 Å². The third-order valence-corrected chi connectivity index (χ3v) is 4.42. The van der Waals surface area contributed by atoms with Crippen molar-refractivity contribution in [2.75, 3.05) is 5.32 Å². The second-order valence-corrected chi connectivity index (χ2v) is 6.15. The number of hydrogen-bond acceptors (Lipinski definition) is 5. The number of nitrogens with zero attached hydrogens (tertiary/aromatic N) is 2. The number of amides is 1. The minimum absolute atomic E-state index is 0.114. The second-order valence-electron chi connectivity index (χ2n) is 5.77. The second kappa shape index (κ2) is 6.52. The Labute approximate surface area is 152 Å². The number of H-pyrrole nitrogens is 1. The van der Waals surface area contributed by atoms with E-state index < -0.39 is 10.8 Å². The predicted octanol–water partition coefficient (Wildman–Crippen LogP) is 3.07. The van der Waals surface area contributed by atoms with E-state index in [1.54, 1.807) is 20.0 Å². The van der Waals surface area contributed by atoms with Crippen LogP contribution in [0.1, 0.15) is 15.9 Å². The number of benzene rings is 2. The first-order valence-corrected chi connectivity index (χ1v) is 7.98. The number of carbonyl (C=O) groups is 1. The Balaban J connectivity index is 2.00. The van der Waals surface area contributed by atoms with Crippen molar-refractivity contribution in [1.82, 2.24) is 9.55 Å². The summed E-state index contributed by atoms with van der Waals surface area (Å²) in [7, 11) is 1.56. The zero-order chi connectivity index (χ0) is 19.0. The molecule has 0 spiro atoms. The number of aryl methyl sites for hydroxylation is 1. The van der Waals surface area contributed by atoms with Gasteiger partial charge in [0.2, 0.25) is 0 Å². The molecule has 0 atom stereocenters. The van der Waals surface area contributed by atoms with Gasteiger partial charge in [-0.2, -0.15) is 0 Å². The van der Waals surface area contributed by atoms with Crippen LogP contribution in [0.4, 0.5) is 11.4 Å². The van der Waals surface area contributed by atoms with Gasteiger partial charge in [-0.25, -0.2) is 0 Å². The van der Waals surface area contributed by atoms with Gasteiger partial charge in [0.05, 0.1) is 21.5 Å². The first-order valence-electron chi connectivity index (χ1n) is 7.57. The molecule has 3 rings (SSSR count). The molecule has 0 radical (unpaired) electrons. The predicted molar refractivity (Wildman–Crippen MR) is 100 cm³/mol. The number of aromatic amines is 1. The van der Waals surface area contributed by atoms with E-state index in [2.05, 4.69) is 10.3 Å². The quantitative estimate of drug-likeness (QED) is 0.418. The topological polar surface area (TPSA) is 110 Å². The van der Waals surface area contributed by atoms with E-state index in [0.29, 0.717) is 27.7 Å². The Morgan fingerprint density at radius 1 is 1.27 bits per heavy atom. The van der Waals surface area contributed by atoms with Gasteiger partial charge in [-0.3, -0.25) is 24.3 Å². The molecule has 8 nitrogen and oxygen atoms in total. The summed E-state index contributed by atoms with van der Waals surface area (Å²) in [6.07, 6.45) is 0. The Bertz CT molecular complexity index is 1180. The standard InChI is InChI=1S/C17H14N4O4S/c1-9-3-5-11(21(24)25)8-13(9)18-15(22)10-4-6-12-14(7-10)19-17(26)20(2)16(12)23/h3-8H,1-2H3,(H,18,22)(H,19,26). The summed E-state index contributed by atoms with van der Waals surface area (Å²) in [5.41, 5.74) is 1.41. The van der Waals surface area contributed by atoms with Crippen LogP contribution >= 0.6 is 12.2 Å². The fourth-order valence-corrected chi connectivity index (χ4v) is 2.69. The summed E-state index contributed by atoms with van der Waals surface area (Å²) >= 11 is 5.08. The van der Waals surface area contributed by atoms with E-state index in [4.69, 9.17) is 12.2 Å². The number of fused-ring (bicyclic) bond motifs is 1. The molecule has 1 amide bonds. The lowest BCUT2D eigenvalue weighted by molar-refractivity contribution is -0.384. The third-order valence-electron chi connectivity index (χ3n) is 4.04. The smallest absolute Gasteiger partial charge is 0.271 e. The molecule has 0 aliphatic rings. The average Bonchev–Trinajstić information content (AvgIpc) is 2.61. The molecule has 2 N–H and O–H groups in total. The highest BCUT2D eigenvalue weighted by atomic mass is 32.1. The number of aromatic nitrogens is 2. The van der Waals surface area contributed by atoms with Crippen LogP contribution in [-0.4, -0.2) is 20.4 Å². The van der Waals surface area contributed by atoms with Crippen LogP contribution in [-0.2, 0) is 7.05 Å². The van der Waals surface area contributed by atoms with Crippen LogP contribution in [0, 0.1) is 21.8 Å². The van der Waals surface area contributed by atoms with E-state index >= 15 is 0 Å². The van der Waals surface area contributed by atoms with Crippen molar-refractivity contribution >= 4 is 40.4 Å². The number of hydrogen-bond donors (Lipinski definition) is 2. The lowest BCUT2D eigenvalue weighted by Crippen LogP contribution is -2.19. The third kappa shape index (κ3) is 3.11. The molecule has 132 valence electrons. The number of nitrogens with one attached hydrogen (secondary N) is 2. The van der Waals surface area contributed by atoms with Gasteiger partial charge in [0.25, 0.3) is 17.2 Å². The molecule has 2 aromatic carbocycles. The summed E-state index contributed by atoms with van der Waals surface area (Å²) in [6, 6.07) is 8.82. The molecule has 3 aromatic rings. The Hall–Kier alpha value is -3.33. The molecule has 9 heteroatoms. The lowest BCUT2D eigenvalue weighted by atomic mass is 10.1. The fraction of sp³-hybridized carbons (Fsp3) is 0.118. The molecule has 1 aromatic heterocycles. The lowest BCUT2D eigenvalue weighted by Gasteiger charge is -2.09. The summed E-state index contributed by atoms with van der Waals surface area (Å²) in [5.74, 6) is -0.449. The van der Waals surface area contributed by atoms with Crippen molar-refractivity contribution in [3.05, 3.63) is 72.8 Å². The van der Waals surface area contributed by atoms with Gasteiger partial charge >= 0.3 is 0 Å². The minimum atomic E-state index is -0.527. The number of carbonyl (C=O) groups excluding carboxylic acids is 1. The first kappa shape index (κ1) is 17.5. The van der Waals surface area contributed by atoms with Gasteiger partial charge in [-0.15, -0.1) is 0 Å². The fourth-order valence-electron chi connectivity index (χ4n) is 2.50. The van der Waals surface area contributed by atoms with Crippen molar-refractivity contribution < 1.29 is 9.72 Å². The van der Waals surface area contributed by atoms with Crippen LogP contribution in [0.25, 0.3) is 10.9 Å². The Kier molecular flexibility index (Phi) is 4.39. The van der Waals surface area contributed by atoms with E-state index in [0.717, 1.165) is 0 Å². The summed E-state index contributed by atoms with van der Waals surface area (Å²) < 4.78 is 1.55. The number of non-ortho nitro benzene ring substituents is 1. The summed E-state index contributed by atoms with van der Waals surface area (Å²) in [4.78, 5) is 38.0. The van der Waals surface area contributed by atoms with Gasteiger partial charge in [-0.05, 0) is 42.9 Å². The van der Waals surface area contributed by atoms with Crippen LogP contribution in [0.5, 0.6) is 0 Å². The Morgan fingerprint density at radius 2 is 2.00 bits per heavy atom. The highest BCUT2D eigenvalue weighted by molar-refractivity contribution is 7.71. The zero-order valence-electron chi connectivity index (χ0n) is 13.9. The van der Waals surface area contributed by atoms with E-state index in [9.17, 15) is 19.7 Å². The molecule has 0 saturated heterocycles. The molecule has 1 heterocycles. The number of nitro benzene ring substituents is 1. The molecule has 0 unspecified atom stereocenters. The van der Waals surface area contributed by atoms with Crippen LogP contribution < -0.4 is 10.9 Å². The van der Waals surface area contributed by atoms with Gasteiger partial charge in [-0.1, -0.05) is 6.07 Å². The SMILES string of the molecule is Cc1ccc([N+](=O)[O-])cc1NC(=O)c1ccc2c(=O)n(C)c(=S)[nH]c2c1. The molecule has 0 aliphatic carbocycles. The normalized spacial score (nSPS) is 10.7. The van der Waals surface area contributed by atoms with E-state index in [-0.39, 0.29) is 16.0 Å². The molecule has 0 saturated carbocycles. The largest absolute Gasteiger partial charge is 0.332 e. The maximum absolute atomic E-state index is 12.5. The number of rotatable bonds is 3. The zero-order valence-corrected chi connectivity index (χ0v) is 14.7. The molecular formula is C17H14N4O4S. The van der Waals surface area contributed by atoms with Gasteiger partial charge in [0.15, 0.2) is 4.77 Å². The van der Waals surface area contributed by atoms with Crippen molar-refractivity contribution in [1.29, 1.82) is 0 Å². The maximum Gasteiger partial charge on any atom is 0.271 e. The minimum Gasteiger partial charge on any atom is -0.332 e. The van der Waals surface area contributed by atoms with Crippen molar-refractivity contribution in [2.24, 2.45) is 7.05 Å². The number of nitro groups is 1. The van der Waals surface area contributed by atoms with Crippen LogP contribution in [0.3, 0.4) is 0 Å². The van der Waals surface area contributed by atoms with Crippen molar-refractivity contribution in [3.63, 3.8) is 0 Å². The maximum atomic E-state index is 12.5. The number of anilines is 1.